The third-order valence-electron chi connectivity index (χ3n) is 3.28. The zero-order valence-corrected chi connectivity index (χ0v) is 14.0. The Labute approximate surface area is 133 Å². The molecular formula is C15H19BrN2O3. The summed E-state index contributed by atoms with van der Waals surface area (Å²) in [4.78, 5) is 18.4. The van der Waals surface area contributed by atoms with E-state index in [1.807, 2.05) is 30.0 Å². The Morgan fingerprint density at radius 2 is 2.24 bits per heavy atom. The van der Waals surface area contributed by atoms with Gasteiger partial charge in [-0.1, -0.05) is 22.9 Å². The predicted molar refractivity (Wildman–Crippen MR) is 86.2 cm³/mol. The molecule has 1 aliphatic heterocycles. The molecule has 0 fully saturated rings. The van der Waals surface area contributed by atoms with Crippen LogP contribution in [0.5, 0.6) is 5.75 Å². The van der Waals surface area contributed by atoms with Gasteiger partial charge in [-0.05, 0) is 25.1 Å². The van der Waals surface area contributed by atoms with Crippen molar-refractivity contribution in [2.24, 2.45) is 4.99 Å². The van der Waals surface area contributed by atoms with Gasteiger partial charge >= 0.3 is 5.97 Å². The summed E-state index contributed by atoms with van der Waals surface area (Å²) in [7, 11) is 1.63. The molecule has 6 heteroatoms. The van der Waals surface area contributed by atoms with Crippen molar-refractivity contribution in [3.63, 3.8) is 0 Å². The summed E-state index contributed by atoms with van der Waals surface area (Å²) in [6.07, 6.45) is 0.745. The number of ether oxygens (including phenoxy) is 2. The number of carbonyl (C=O) groups excluding carboxylic acids is 1. The smallest absolute Gasteiger partial charge is 0.332 e. The SMILES string of the molecule is CCOC(=O)C1CN(c2ccc(Br)cc2OC)C(CC)=N1. The molecule has 0 aromatic heterocycles. The highest BCUT2D eigenvalue weighted by atomic mass is 79.9. The molecule has 1 aliphatic rings. The Kier molecular flexibility index (Phi) is 5.22. The van der Waals surface area contributed by atoms with Crippen LogP contribution in [0.4, 0.5) is 5.69 Å². The summed E-state index contributed by atoms with van der Waals surface area (Å²) in [5.41, 5.74) is 0.910. The van der Waals surface area contributed by atoms with Gasteiger partial charge in [0.25, 0.3) is 0 Å². The summed E-state index contributed by atoms with van der Waals surface area (Å²) in [5.74, 6) is 1.34. The highest BCUT2D eigenvalue weighted by molar-refractivity contribution is 9.10. The lowest BCUT2D eigenvalue weighted by molar-refractivity contribution is -0.144. The standard InChI is InChI=1S/C15H19BrN2O3/c1-4-14-17-11(15(19)21-5-2)9-18(14)12-7-6-10(16)8-13(12)20-3/h6-8,11H,4-5,9H2,1-3H3. The van der Waals surface area contributed by atoms with Gasteiger partial charge in [0.15, 0.2) is 6.04 Å². The van der Waals surface area contributed by atoms with Crippen LogP contribution >= 0.6 is 15.9 Å². The lowest BCUT2D eigenvalue weighted by Crippen LogP contribution is -2.32. The first kappa shape index (κ1) is 15.8. The van der Waals surface area contributed by atoms with Crippen molar-refractivity contribution in [2.45, 2.75) is 26.3 Å². The first-order valence-corrected chi connectivity index (χ1v) is 7.74. The number of hydrogen-bond acceptors (Lipinski definition) is 5. The molecule has 1 heterocycles. The van der Waals surface area contributed by atoms with Crippen LogP contribution in [-0.2, 0) is 9.53 Å². The number of benzene rings is 1. The Morgan fingerprint density at radius 3 is 2.86 bits per heavy atom. The van der Waals surface area contributed by atoms with Crippen molar-refractivity contribution in [3.05, 3.63) is 22.7 Å². The van der Waals surface area contributed by atoms with Crippen LogP contribution < -0.4 is 9.64 Å². The number of aliphatic imine (C=N–C) groups is 1. The van der Waals surface area contributed by atoms with E-state index in [9.17, 15) is 4.79 Å². The fourth-order valence-electron chi connectivity index (χ4n) is 2.33. The number of rotatable bonds is 5. The van der Waals surface area contributed by atoms with Crippen LogP contribution in [0.25, 0.3) is 0 Å². The lowest BCUT2D eigenvalue weighted by atomic mass is 10.2. The molecule has 0 saturated carbocycles. The van der Waals surface area contributed by atoms with Crippen LogP contribution in [0.1, 0.15) is 20.3 Å². The van der Waals surface area contributed by atoms with E-state index >= 15 is 0 Å². The van der Waals surface area contributed by atoms with E-state index in [1.54, 1.807) is 14.0 Å². The zero-order chi connectivity index (χ0) is 15.4. The quantitative estimate of drug-likeness (QED) is 0.762. The van der Waals surface area contributed by atoms with Gasteiger partial charge < -0.3 is 14.4 Å². The van der Waals surface area contributed by atoms with Gasteiger partial charge in [-0.3, -0.25) is 4.99 Å². The second-order valence-corrected chi connectivity index (χ2v) is 5.51. The molecule has 0 bridgehead atoms. The molecule has 2 rings (SSSR count). The van der Waals surface area contributed by atoms with E-state index in [1.165, 1.54) is 0 Å². The Balaban J connectivity index is 2.29. The highest BCUT2D eigenvalue weighted by Crippen LogP contribution is 2.34. The van der Waals surface area contributed by atoms with Gasteiger partial charge in [0, 0.05) is 10.9 Å². The van der Waals surface area contributed by atoms with Crippen molar-refractivity contribution in [2.75, 3.05) is 25.2 Å². The van der Waals surface area contributed by atoms with Gasteiger partial charge in [0.05, 0.1) is 25.9 Å². The molecule has 1 aromatic rings. The topological polar surface area (TPSA) is 51.1 Å². The number of hydrogen-bond donors (Lipinski definition) is 0. The minimum absolute atomic E-state index is 0.276. The van der Waals surface area contributed by atoms with Crippen molar-refractivity contribution in [1.29, 1.82) is 0 Å². The minimum atomic E-state index is -0.465. The molecule has 114 valence electrons. The van der Waals surface area contributed by atoms with Gasteiger partial charge in [0.1, 0.15) is 11.6 Å². The molecule has 0 aliphatic carbocycles. The average molecular weight is 355 g/mol. The molecule has 0 spiro atoms. The summed E-state index contributed by atoms with van der Waals surface area (Å²) >= 11 is 3.43. The second kappa shape index (κ2) is 6.93. The predicted octanol–water partition coefficient (Wildman–Crippen LogP) is 3.02. The molecule has 0 N–H and O–H groups in total. The van der Waals surface area contributed by atoms with Crippen molar-refractivity contribution in [3.8, 4) is 5.75 Å². The first-order chi connectivity index (χ1) is 10.1. The number of esters is 1. The summed E-state index contributed by atoms with van der Waals surface area (Å²) in [6.45, 7) is 4.67. The molecule has 1 unspecified atom stereocenters. The maximum atomic E-state index is 11.9. The molecule has 0 saturated heterocycles. The Morgan fingerprint density at radius 1 is 1.48 bits per heavy atom. The monoisotopic (exact) mass is 354 g/mol. The summed E-state index contributed by atoms with van der Waals surface area (Å²) < 4.78 is 11.4. The molecular weight excluding hydrogens is 336 g/mol. The normalized spacial score (nSPS) is 17.6. The number of carbonyl (C=O) groups is 1. The van der Waals surface area contributed by atoms with Crippen LogP contribution in [-0.4, -0.2) is 38.1 Å². The van der Waals surface area contributed by atoms with Crippen LogP contribution in [0, 0.1) is 0 Å². The second-order valence-electron chi connectivity index (χ2n) is 4.59. The van der Waals surface area contributed by atoms with Crippen molar-refractivity contribution < 1.29 is 14.3 Å². The average Bonchev–Trinajstić information content (AvgIpc) is 2.91. The van der Waals surface area contributed by atoms with Gasteiger partial charge in [0.2, 0.25) is 0 Å². The van der Waals surface area contributed by atoms with E-state index < -0.39 is 6.04 Å². The molecule has 21 heavy (non-hydrogen) atoms. The highest BCUT2D eigenvalue weighted by Gasteiger charge is 2.32. The van der Waals surface area contributed by atoms with Crippen LogP contribution in [0.15, 0.2) is 27.7 Å². The third kappa shape index (κ3) is 3.37. The van der Waals surface area contributed by atoms with E-state index in [4.69, 9.17) is 9.47 Å². The van der Waals surface area contributed by atoms with Crippen LogP contribution in [0.2, 0.25) is 0 Å². The number of anilines is 1. The largest absolute Gasteiger partial charge is 0.495 e. The first-order valence-electron chi connectivity index (χ1n) is 6.95. The number of methoxy groups -OCH3 is 1. The molecule has 1 atom stereocenters. The molecule has 5 nitrogen and oxygen atoms in total. The maximum Gasteiger partial charge on any atom is 0.332 e. The van der Waals surface area contributed by atoms with E-state index in [-0.39, 0.29) is 5.97 Å². The molecule has 0 amide bonds. The Bertz CT molecular complexity index is 560. The number of amidine groups is 1. The fourth-order valence-corrected chi connectivity index (χ4v) is 2.67. The molecule has 0 radical (unpaired) electrons. The number of halogens is 1. The van der Waals surface area contributed by atoms with E-state index in [0.717, 1.165) is 28.2 Å². The number of nitrogens with zero attached hydrogens (tertiary/aromatic N) is 2. The summed E-state index contributed by atoms with van der Waals surface area (Å²) in [6, 6.07) is 5.35. The fraction of sp³-hybridized carbons (Fsp3) is 0.467. The summed E-state index contributed by atoms with van der Waals surface area (Å²) in [5, 5.41) is 0. The zero-order valence-electron chi connectivity index (χ0n) is 12.4. The van der Waals surface area contributed by atoms with Crippen LogP contribution in [0.3, 0.4) is 0 Å². The van der Waals surface area contributed by atoms with E-state index in [2.05, 4.69) is 20.9 Å². The maximum absolute atomic E-state index is 11.9. The van der Waals surface area contributed by atoms with Crippen molar-refractivity contribution in [1.82, 2.24) is 0 Å². The molecule has 1 aromatic carbocycles. The third-order valence-corrected chi connectivity index (χ3v) is 3.77. The van der Waals surface area contributed by atoms with Gasteiger partial charge in [-0.25, -0.2) is 4.79 Å². The van der Waals surface area contributed by atoms with Crippen molar-refractivity contribution >= 4 is 33.4 Å². The minimum Gasteiger partial charge on any atom is -0.495 e. The Hall–Kier alpha value is -1.56. The lowest BCUT2D eigenvalue weighted by Gasteiger charge is -2.22. The van der Waals surface area contributed by atoms with Gasteiger partial charge in [-0.15, -0.1) is 0 Å². The van der Waals surface area contributed by atoms with Gasteiger partial charge in [-0.2, -0.15) is 0 Å². The van der Waals surface area contributed by atoms with E-state index in [0.29, 0.717) is 13.2 Å².